The Hall–Kier alpha value is -4.04. The van der Waals surface area contributed by atoms with Crippen molar-refractivity contribution in [2.45, 2.75) is 44.9 Å². The Morgan fingerprint density at radius 3 is 2.24 bits per heavy atom. The van der Waals surface area contributed by atoms with Crippen molar-refractivity contribution in [1.82, 2.24) is 9.80 Å². The fraction of sp³-hybridized carbons (Fsp3) is 0.448. The fourth-order valence-electron chi connectivity index (χ4n) is 4.53. The van der Waals surface area contributed by atoms with Gasteiger partial charge in [-0.1, -0.05) is 12.1 Å². The van der Waals surface area contributed by atoms with Gasteiger partial charge in [0.1, 0.15) is 17.1 Å². The number of carboxylic acid groups (broad SMARTS) is 3. The van der Waals surface area contributed by atoms with Crippen molar-refractivity contribution in [2.24, 2.45) is 0 Å². The summed E-state index contributed by atoms with van der Waals surface area (Å²) in [6, 6.07) is 11.4. The van der Waals surface area contributed by atoms with E-state index in [9.17, 15) is 19.2 Å². The van der Waals surface area contributed by atoms with E-state index in [4.69, 9.17) is 34.0 Å². The van der Waals surface area contributed by atoms with Crippen LogP contribution in [0.3, 0.4) is 0 Å². The molecule has 1 aromatic carbocycles. The van der Waals surface area contributed by atoms with Crippen LogP contribution in [-0.4, -0.2) is 93.1 Å². The molecule has 3 aromatic rings. The molecule has 4 N–H and O–H groups in total. The number of fused-ring (bicyclic) bond motifs is 1. The normalized spacial score (nSPS) is 14.0. The summed E-state index contributed by atoms with van der Waals surface area (Å²) in [4.78, 5) is 48.1. The van der Waals surface area contributed by atoms with E-state index < -0.39 is 36.4 Å². The van der Waals surface area contributed by atoms with E-state index in [1.807, 2.05) is 43.3 Å². The standard InChI is InChI=1S/C23H28N2O4.C6H8O7/c1-18-7-8-20(29-18)16-25(10-4-9-24-11-13-27-14-12-24)15-19-17-28-22-6-3-2-5-21(22)23(19)26;7-3(8)1-6(13,5(11)12)2-4(9)10/h2-3,5-8,17H,4,9-16H2,1H3;13H,1-2H2,(H,7,8)(H,9,10)(H,11,12). The Morgan fingerprint density at radius 1 is 0.976 bits per heavy atom. The lowest BCUT2D eigenvalue weighted by atomic mass is 9.96. The number of furan rings is 1. The zero-order valence-corrected chi connectivity index (χ0v) is 23.4. The Bertz CT molecular complexity index is 1390. The van der Waals surface area contributed by atoms with Gasteiger partial charge in [-0.25, -0.2) is 4.79 Å². The minimum Gasteiger partial charge on any atom is -0.481 e. The number of morpholine rings is 1. The summed E-state index contributed by atoms with van der Waals surface area (Å²) in [7, 11) is 0. The number of para-hydroxylation sites is 1. The minimum absolute atomic E-state index is 0.0423. The molecule has 0 bridgehead atoms. The van der Waals surface area contributed by atoms with Gasteiger partial charge in [0.15, 0.2) is 11.0 Å². The van der Waals surface area contributed by atoms with Gasteiger partial charge in [-0.3, -0.25) is 24.2 Å². The van der Waals surface area contributed by atoms with Crippen molar-refractivity contribution in [3.8, 4) is 0 Å². The molecule has 13 nitrogen and oxygen atoms in total. The molecule has 1 saturated heterocycles. The van der Waals surface area contributed by atoms with Crippen LogP contribution in [0.4, 0.5) is 0 Å². The number of aliphatic hydroxyl groups is 1. The van der Waals surface area contributed by atoms with Crippen molar-refractivity contribution in [3.63, 3.8) is 0 Å². The van der Waals surface area contributed by atoms with Crippen LogP contribution < -0.4 is 5.43 Å². The van der Waals surface area contributed by atoms with Crippen LogP contribution in [0.1, 0.15) is 36.3 Å². The molecule has 2 aromatic heterocycles. The number of aryl methyl sites for hydroxylation is 1. The number of nitrogens with zero attached hydrogens (tertiary/aromatic N) is 2. The van der Waals surface area contributed by atoms with Crippen molar-refractivity contribution < 1.29 is 48.4 Å². The average molecular weight is 589 g/mol. The molecule has 0 aliphatic carbocycles. The van der Waals surface area contributed by atoms with Crippen LogP contribution in [0.15, 0.2) is 56.3 Å². The molecular formula is C29H36N2O11. The number of carboxylic acids is 3. The number of rotatable bonds is 13. The zero-order chi connectivity index (χ0) is 30.7. The molecule has 0 radical (unpaired) electrons. The number of ether oxygens (including phenoxy) is 1. The second kappa shape index (κ2) is 15.3. The maximum Gasteiger partial charge on any atom is 0.336 e. The summed E-state index contributed by atoms with van der Waals surface area (Å²) < 4.78 is 16.9. The Labute approximate surface area is 241 Å². The summed E-state index contributed by atoms with van der Waals surface area (Å²) in [5, 5.41) is 34.4. The van der Waals surface area contributed by atoms with E-state index in [2.05, 4.69) is 9.80 Å². The number of carbonyl (C=O) groups is 3. The van der Waals surface area contributed by atoms with Gasteiger partial charge in [-0.2, -0.15) is 0 Å². The molecule has 228 valence electrons. The molecule has 0 unspecified atom stereocenters. The molecule has 42 heavy (non-hydrogen) atoms. The Kier molecular flexibility index (Phi) is 11.8. The summed E-state index contributed by atoms with van der Waals surface area (Å²) in [6.07, 6.45) is 0.342. The van der Waals surface area contributed by atoms with Gasteiger partial charge in [-0.05, 0) is 44.2 Å². The maximum absolute atomic E-state index is 12.9. The molecule has 0 spiro atoms. The molecule has 1 fully saturated rings. The molecule has 0 amide bonds. The van der Waals surface area contributed by atoms with Crippen molar-refractivity contribution >= 4 is 28.9 Å². The first kappa shape index (κ1) is 32.5. The van der Waals surface area contributed by atoms with Crippen LogP contribution in [-0.2, 0) is 32.2 Å². The number of benzene rings is 1. The lowest BCUT2D eigenvalue weighted by Crippen LogP contribution is -2.42. The highest BCUT2D eigenvalue weighted by molar-refractivity contribution is 5.88. The van der Waals surface area contributed by atoms with Crippen LogP contribution in [0.5, 0.6) is 0 Å². The van der Waals surface area contributed by atoms with Gasteiger partial charge < -0.3 is 34.0 Å². The van der Waals surface area contributed by atoms with E-state index in [0.29, 0.717) is 29.6 Å². The van der Waals surface area contributed by atoms with Crippen molar-refractivity contribution in [3.05, 3.63) is 70.0 Å². The quantitative estimate of drug-likeness (QED) is 0.227. The zero-order valence-electron chi connectivity index (χ0n) is 23.4. The SMILES string of the molecule is Cc1ccc(CN(CCCN2CCOCC2)Cc2coc3ccccc3c2=O)o1.O=C(O)CC(O)(CC(=O)O)C(=O)O. The van der Waals surface area contributed by atoms with E-state index in [0.717, 1.165) is 57.3 Å². The predicted octanol–water partition coefficient (Wildman–Crippen LogP) is 2.17. The second-order valence-corrected chi connectivity index (χ2v) is 10.1. The number of hydrogen-bond donors (Lipinski definition) is 4. The van der Waals surface area contributed by atoms with Gasteiger partial charge in [-0.15, -0.1) is 0 Å². The van der Waals surface area contributed by atoms with Crippen LogP contribution in [0, 0.1) is 6.92 Å². The number of hydrogen-bond acceptors (Lipinski definition) is 10. The van der Waals surface area contributed by atoms with Crippen LogP contribution in [0.2, 0.25) is 0 Å². The Morgan fingerprint density at radius 2 is 1.64 bits per heavy atom. The van der Waals surface area contributed by atoms with Crippen molar-refractivity contribution in [2.75, 3.05) is 39.4 Å². The first-order valence-electron chi connectivity index (χ1n) is 13.4. The predicted molar refractivity (Wildman–Crippen MR) is 149 cm³/mol. The highest BCUT2D eigenvalue weighted by Gasteiger charge is 2.40. The smallest absolute Gasteiger partial charge is 0.336 e. The van der Waals surface area contributed by atoms with Crippen molar-refractivity contribution in [1.29, 1.82) is 0 Å². The minimum atomic E-state index is -2.74. The summed E-state index contributed by atoms with van der Waals surface area (Å²) in [6.45, 7) is 8.68. The second-order valence-electron chi connectivity index (χ2n) is 10.1. The van der Waals surface area contributed by atoms with Gasteiger partial charge in [0, 0.05) is 31.7 Å². The first-order chi connectivity index (χ1) is 20.0. The molecule has 13 heteroatoms. The van der Waals surface area contributed by atoms with Crippen LogP contribution in [0.25, 0.3) is 11.0 Å². The Balaban J connectivity index is 0.000000316. The summed E-state index contributed by atoms with van der Waals surface area (Å²) in [5.41, 5.74) is -1.39. The third kappa shape index (κ3) is 9.80. The molecule has 1 aliphatic heterocycles. The molecule has 4 rings (SSSR count). The third-order valence-electron chi connectivity index (χ3n) is 6.66. The van der Waals surface area contributed by atoms with Gasteiger partial charge in [0.2, 0.25) is 0 Å². The molecule has 3 heterocycles. The van der Waals surface area contributed by atoms with Crippen LogP contribution >= 0.6 is 0 Å². The largest absolute Gasteiger partial charge is 0.481 e. The van der Waals surface area contributed by atoms with Gasteiger partial charge in [0.05, 0.1) is 44.2 Å². The highest BCUT2D eigenvalue weighted by Crippen LogP contribution is 2.17. The van der Waals surface area contributed by atoms with E-state index in [1.165, 1.54) is 0 Å². The van der Waals surface area contributed by atoms with E-state index in [1.54, 1.807) is 6.26 Å². The fourth-order valence-corrected chi connectivity index (χ4v) is 4.53. The lowest BCUT2D eigenvalue weighted by molar-refractivity contribution is -0.170. The van der Waals surface area contributed by atoms with E-state index >= 15 is 0 Å². The molecule has 0 atom stereocenters. The summed E-state index contributed by atoms with van der Waals surface area (Å²) in [5.74, 6) is -3.20. The average Bonchev–Trinajstić information content (AvgIpc) is 3.34. The monoisotopic (exact) mass is 588 g/mol. The van der Waals surface area contributed by atoms with Gasteiger partial charge in [0.25, 0.3) is 0 Å². The lowest BCUT2D eigenvalue weighted by Gasteiger charge is -2.28. The molecule has 1 aliphatic rings. The van der Waals surface area contributed by atoms with Gasteiger partial charge >= 0.3 is 17.9 Å². The number of aliphatic carboxylic acids is 3. The third-order valence-corrected chi connectivity index (χ3v) is 6.66. The maximum atomic E-state index is 12.9. The first-order valence-corrected chi connectivity index (χ1v) is 13.4. The summed E-state index contributed by atoms with van der Waals surface area (Å²) >= 11 is 0. The molecule has 0 saturated carbocycles. The highest BCUT2D eigenvalue weighted by atomic mass is 16.5. The molecular weight excluding hydrogens is 552 g/mol. The van der Waals surface area contributed by atoms with E-state index in [-0.39, 0.29) is 5.43 Å². The topological polar surface area (TPSA) is 191 Å².